The molecule has 8 nitrogen and oxygen atoms in total. The molecule has 0 heterocycles. The van der Waals surface area contributed by atoms with Crippen LogP contribution < -0.4 is 14.8 Å². The second-order valence-corrected chi connectivity index (χ2v) is 8.30. The largest absolute Gasteiger partial charge is 0.493 e. The minimum atomic E-state index is -3.55. The lowest BCUT2D eigenvalue weighted by atomic mass is 10.1. The molecule has 2 aromatic rings. The number of carbonyl (C=O) groups excluding carboxylic acids is 1. The normalized spacial score (nSPS) is 12.5. The van der Waals surface area contributed by atoms with Crippen LogP contribution in [0.4, 0.5) is 0 Å². The standard InChI is InChI=1S/C19H24N2O6S/c1-21(2)28(24,25)15-8-5-13(6-9-15)19(23)20-12-16(22)14-7-10-17(26-3)18(11-14)27-4/h5-11,16,22H,12H2,1-4H3,(H,20,23). The van der Waals surface area contributed by atoms with E-state index < -0.39 is 22.0 Å². The fourth-order valence-corrected chi connectivity index (χ4v) is 3.36. The monoisotopic (exact) mass is 408 g/mol. The van der Waals surface area contributed by atoms with E-state index in [1.54, 1.807) is 18.2 Å². The van der Waals surface area contributed by atoms with Crippen LogP contribution >= 0.6 is 0 Å². The van der Waals surface area contributed by atoms with Crippen molar-refractivity contribution in [2.24, 2.45) is 0 Å². The molecule has 0 aliphatic carbocycles. The van der Waals surface area contributed by atoms with Crippen LogP contribution in [-0.4, -0.2) is 58.6 Å². The number of ether oxygens (including phenoxy) is 2. The molecule has 152 valence electrons. The highest BCUT2D eigenvalue weighted by Gasteiger charge is 2.18. The van der Waals surface area contributed by atoms with Gasteiger partial charge in [-0.05, 0) is 42.0 Å². The second-order valence-electron chi connectivity index (χ2n) is 6.15. The number of nitrogens with zero attached hydrogens (tertiary/aromatic N) is 1. The van der Waals surface area contributed by atoms with E-state index in [1.807, 2.05) is 0 Å². The Morgan fingerprint density at radius 3 is 2.21 bits per heavy atom. The number of aliphatic hydroxyl groups is 1. The maximum absolute atomic E-state index is 12.3. The van der Waals surface area contributed by atoms with Gasteiger partial charge in [0, 0.05) is 26.2 Å². The molecule has 0 fully saturated rings. The summed E-state index contributed by atoms with van der Waals surface area (Å²) in [6.45, 7) is -0.0218. The molecule has 1 unspecified atom stereocenters. The Labute approximate surface area is 164 Å². The number of amides is 1. The summed E-state index contributed by atoms with van der Waals surface area (Å²) < 4.78 is 35.6. The zero-order valence-corrected chi connectivity index (χ0v) is 17.0. The third kappa shape index (κ3) is 4.80. The average Bonchev–Trinajstić information content (AvgIpc) is 2.71. The topological polar surface area (TPSA) is 105 Å². The highest BCUT2D eigenvalue weighted by Crippen LogP contribution is 2.29. The Balaban J connectivity index is 2.04. The molecule has 2 N–H and O–H groups in total. The first-order valence-corrected chi connectivity index (χ1v) is 9.85. The molecule has 2 rings (SSSR count). The fraction of sp³-hybridized carbons (Fsp3) is 0.316. The van der Waals surface area contributed by atoms with Crippen LogP contribution in [0.2, 0.25) is 0 Å². The number of benzene rings is 2. The van der Waals surface area contributed by atoms with Crippen molar-refractivity contribution in [3.05, 3.63) is 53.6 Å². The molecule has 0 aliphatic heterocycles. The molecule has 0 aliphatic rings. The molecule has 9 heteroatoms. The molecule has 28 heavy (non-hydrogen) atoms. The van der Waals surface area contributed by atoms with Crippen molar-refractivity contribution in [1.29, 1.82) is 0 Å². The van der Waals surface area contributed by atoms with Gasteiger partial charge in [0.2, 0.25) is 10.0 Å². The van der Waals surface area contributed by atoms with Gasteiger partial charge in [-0.1, -0.05) is 6.07 Å². The minimum Gasteiger partial charge on any atom is -0.493 e. The maximum atomic E-state index is 12.3. The van der Waals surface area contributed by atoms with Crippen LogP contribution in [-0.2, 0) is 10.0 Å². The number of hydrogen-bond donors (Lipinski definition) is 2. The number of nitrogens with one attached hydrogen (secondary N) is 1. The van der Waals surface area contributed by atoms with Crippen LogP contribution in [0.5, 0.6) is 11.5 Å². The molecule has 1 atom stereocenters. The molecule has 0 saturated carbocycles. The van der Waals surface area contributed by atoms with E-state index in [1.165, 1.54) is 52.6 Å². The van der Waals surface area contributed by atoms with Crippen LogP contribution in [0.1, 0.15) is 22.0 Å². The van der Waals surface area contributed by atoms with E-state index in [0.29, 0.717) is 17.1 Å². The smallest absolute Gasteiger partial charge is 0.251 e. The first-order valence-electron chi connectivity index (χ1n) is 8.41. The summed E-state index contributed by atoms with van der Waals surface area (Å²) in [5.41, 5.74) is 0.850. The van der Waals surface area contributed by atoms with Gasteiger partial charge < -0.3 is 19.9 Å². The first kappa shape index (κ1) is 21.7. The second kappa shape index (κ2) is 9.05. The van der Waals surface area contributed by atoms with Crippen LogP contribution in [0, 0.1) is 0 Å². The maximum Gasteiger partial charge on any atom is 0.251 e. The summed E-state index contributed by atoms with van der Waals surface area (Å²) in [7, 11) is 2.33. The number of sulfonamides is 1. The Morgan fingerprint density at radius 2 is 1.68 bits per heavy atom. The summed E-state index contributed by atoms with van der Waals surface area (Å²) in [4.78, 5) is 12.4. The highest BCUT2D eigenvalue weighted by atomic mass is 32.2. The van der Waals surface area contributed by atoms with E-state index in [0.717, 1.165) is 4.31 Å². The van der Waals surface area contributed by atoms with Gasteiger partial charge in [-0.2, -0.15) is 0 Å². The van der Waals surface area contributed by atoms with Gasteiger partial charge in [-0.25, -0.2) is 12.7 Å². The van der Waals surface area contributed by atoms with Gasteiger partial charge in [0.15, 0.2) is 11.5 Å². The predicted molar refractivity (Wildman–Crippen MR) is 104 cm³/mol. The lowest BCUT2D eigenvalue weighted by Crippen LogP contribution is -2.28. The number of rotatable bonds is 8. The van der Waals surface area contributed by atoms with Crippen molar-refractivity contribution < 1.29 is 27.8 Å². The highest BCUT2D eigenvalue weighted by molar-refractivity contribution is 7.89. The van der Waals surface area contributed by atoms with E-state index in [4.69, 9.17) is 9.47 Å². The van der Waals surface area contributed by atoms with Gasteiger partial charge >= 0.3 is 0 Å². The van der Waals surface area contributed by atoms with Gasteiger partial charge in [0.25, 0.3) is 5.91 Å². The summed E-state index contributed by atoms with van der Waals surface area (Å²) in [6, 6.07) is 10.6. The van der Waals surface area contributed by atoms with E-state index >= 15 is 0 Å². The predicted octanol–water partition coefficient (Wildman–Crippen LogP) is 1.42. The van der Waals surface area contributed by atoms with E-state index in [-0.39, 0.29) is 17.0 Å². The molecule has 0 radical (unpaired) electrons. The Kier molecular flexibility index (Phi) is 7.00. The van der Waals surface area contributed by atoms with Gasteiger partial charge in [0.1, 0.15) is 0 Å². The quantitative estimate of drug-likeness (QED) is 0.684. The van der Waals surface area contributed by atoms with E-state index in [9.17, 15) is 18.3 Å². The number of hydrogen-bond acceptors (Lipinski definition) is 6. The molecular weight excluding hydrogens is 384 g/mol. The molecule has 0 bridgehead atoms. The SMILES string of the molecule is COc1ccc(C(O)CNC(=O)c2ccc(S(=O)(=O)N(C)C)cc2)cc1OC. The Bertz CT molecular complexity index is 926. The van der Waals surface area contributed by atoms with Gasteiger partial charge in [-0.15, -0.1) is 0 Å². The number of carbonyl (C=O) groups is 1. The fourth-order valence-electron chi connectivity index (χ4n) is 2.46. The van der Waals surface area contributed by atoms with Crippen LogP contribution in [0.15, 0.2) is 47.4 Å². The van der Waals surface area contributed by atoms with Gasteiger partial charge in [-0.3, -0.25) is 4.79 Å². The van der Waals surface area contributed by atoms with Crippen molar-refractivity contribution in [3.8, 4) is 11.5 Å². The van der Waals surface area contributed by atoms with Crippen molar-refractivity contribution in [2.45, 2.75) is 11.0 Å². The zero-order valence-electron chi connectivity index (χ0n) is 16.2. The Morgan fingerprint density at radius 1 is 1.07 bits per heavy atom. The minimum absolute atomic E-state index is 0.0218. The number of aliphatic hydroxyl groups excluding tert-OH is 1. The third-order valence-electron chi connectivity index (χ3n) is 4.14. The molecule has 0 saturated heterocycles. The third-order valence-corrected chi connectivity index (χ3v) is 5.97. The lowest BCUT2D eigenvalue weighted by Gasteiger charge is -2.15. The summed E-state index contributed by atoms with van der Waals surface area (Å²) in [6.07, 6.45) is -0.947. The van der Waals surface area contributed by atoms with Crippen molar-refractivity contribution in [1.82, 2.24) is 9.62 Å². The molecule has 2 aromatic carbocycles. The molecule has 0 spiro atoms. The lowest BCUT2D eigenvalue weighted by molar-refractivity contribution is 0.0916. The van der Waals surface area contributed by atoms with Gasteiger partial charge in [0.05, 0.1) is 25.2 Å². The summed E-state index contributed by atoms with van der Waals surface area (Å²) in [5, 5.41) is 12.9. The van der Waals surface area contributed by atoms with Crippen LogP contribution in [0.3, 0.4) is 0 Å². The summed E-state index contributed by atoms with van der Waals surface area (Å²) >= 11 is 0. The van der Waals surface area contributed by atoms with Crippen molar-refractivity contribution in [3.63, 3.8) is 0 Å². The molecule has 0 aromatic heterocycles. The zero-order chi connectivity index (χ0) is 20.9. The molecular formula is C19H24N2O6S. The molecule has 1 amide bonds. The number of methoxy groups -OCH3 is 2. The Hall–Kier alpha value is -2.62. The van der Waals surface area contributed by atoms with Crippen molar-refractivity contribution in [2.75, 3.05) is 34.9 Å². The average molecular weight is 408 g/mol. The first-order chi connectivity index (χ1) is 13.2. The van der Waals surface area contributed by atoms with Crippen molar-refractivity contribution >= 4 is 15.9 Å². The van der Waals surface area contributed by atoms with E-state index in [2.05, 4.69) is 5.32 Å². The van der Waals surface area contributed by atoms with Crippen LogP contribution in [0.25, 0.3) is 0 Å². The summed E-state index contributed by atoms with van der Waals surface area (Å²) in [5.74, 6) is 0.589.